The quantitative estimate of drug-likeness (QED) is 0.761. The number of nitrogens with zero attached hydrogens (tertiary/aromatic N) is 1. The van der Waals surface area contributed by atoms with Crippen molar-refractivity contribution in [3.8, 4) is 0 Å². The van der Waals surface area contributed by atoms with Crippen molar-refractivity contribution < 1.29 is 9.59 Å². The third-order valence-corrected chi connectivity index (χ3v) is 5.97. The summed E-state index contributed by atoms with van der Waals surface area (Å²) in [6.07, 6.45) is 3.59. The molecule has 2 aliphatic rings. The number of benzene rings is 2. The fourth-order valence-electron chi connectivity index (χ4n) is 4.25. The lowest BCUT2D eigenvalue weighted by atomic mass is 9.89. The first-order chi connectivity index (χ1) is 14.1. The Morgan fingerprint density at radius 3 is 2.66 bits per heavy atom. The Bertz CT molecular complexity index is 897. The maximum absolute atomic E-state index is 12.5. The molecule has 0 aliphatic carbocycles. The number of amides is 2. The van der Waals surface area contributed by atoms with Crippen molar-refractivity contribution in [3.63, 3.8) is 0 Å². The third kappa shape index (κ3) is 4.73. The molecule has 0 aromatic heterocycles. The molecule has 0 fully saturated rings. The number of carbonyl (C=O) groups excluding carboxylic acids is 2. The van der Waals surface area contributed by atoms with Crippen LogP contribution in [-0.4, -0.2) is 24.9 Å². The lowest BCUT2D eigenvalue weighted by molar-refractivity contribution is -0.127. The number of para-hydroxylation sites is 1. The number of aryl methyl sites for hydroxylation is 1. The van der Waals surface area contributed by atoms with Gasteiger partial charge in [-0.3, -0.25) is 9.59 Å². The number of anilines is 1. The molecule has 2 aromatic carbocycles. The van der Waals surface area contributed by atoms with Gasteiger partial charge in [0.2, 0.25) is 11.8 Å². The van der Waals surface area contributed by atoms with E-state index in [1.165, 1.54) is 23.2 Å². The molecular formula is C23H26ClN3O2. The van der Waals surface area contributed by atoms with Gasteiger partial charge in [-0.2, -0.15) is 0 Å². The molecule has 29 heavy (non-hydrogen) atoms. The highest BCUT2D eigenvalue weighted by molar-refractivity contribution is 6.30. The van der Waals surface area contributed by atoms with Gasteiger partial charge < -0.3 is 15.5 Å². The normalized spacial score (nSPS) is 17.4. The van der Waals surface area contributed by atoms with Gasteiger partial charge in [-0.15, -0.1) is 0 Å². The van der Waals surface area contributed by atoms with E-state index in [4.69, 9.17) is 11.6 Å². The van der Waals surface area contributed by atoms with Crippen LogP contribution in [0.5, 0.6) is 0 Å². The molecule has 0 unspecified atom stereocenters. The van der Waals surface area contributed by atoms with Crippen LogP contribution in [0.4, 0.5) is 5.69 Å². The largest absolute Gasteiger partial charge is 0.371 e. The summed E-state index contributed by atoms with van der Waals surface area (Å²) in [5.74, 6) is -0.194. The molecular weight excluding hydrogens is 386 g/mol. The Morgan fingerprint density at radius 1 is 1.03 bits per heavy atom. The second-order valence-corrected chi connectivity index (χ2v) is 8.19. The topological polar surface area (TPSA) is 61.4 Å². The summed E-state index contributed by atoms with van der Waals surface area (Å²) in [5.41, 5.74) is 4.90. The minimum absolute atomic E-state index is 0.0314. The minimum atomic E-state index is -0.123. The zero-order valence-electron chi connectivity index (χ0n) is 16.4. The molecule has 6 heteroatoms. The van der Waals surface area contributed by atoms with Crippen LogP contribution in [0, 0.1) is 0 Å². The average Bonchev–Trinajstić information content (AvgIpc) is 2.74. The van der Waals surface area contributed by atoms with E-state index < -0.39 is 0 Å². The number of nitrogens with one attached hydrogen (secondary N) is 2. The Hall–Kier alpha value is -2.53. The van der Waals surface area contributed by atoms with Crippen molar-refractivity contribution in [2.45, 2.75) is 44.7 Å². The lowest BCUT2D eigenvalue weighted by Gasteiger charge is -2.40. The summed E-state index contributed by atoms with van der Waals surface area (Å²) in [6.45, 7) is 2.50. The van der Waals surface area contributed by atoms with Crippen LogP contribution in [0.3, 0.4) is 0 Å². The number of hydrogen-bond donors (Lipinski definition) is 2. The summed E-state index contributed by atoms with van der Waals surface area (Å²) in [7, 11) is 0. The lowest BCUT2D eigenvalue weighted by Crippen LogP contribution is -2.40. The van der Waals surface area contributed by atoms with Gasteiger partial charge in [-0.05, 0) is 48.1 Å². The van der Waals surface area contributed by atoms with Crippen molar-refractivity contribution in [3.05, 3.63) is 64.2 Å². The van der Waals surface area contributed by atoms with Crippen molar-refractivity contribution in [2.75, 3.05) is 18.0 Å². The Morgan fingerprint density at radius 2 is 1.83 bits per heavy atom. The first-order valence-corrected chi connectivity index (χ1v) is 10.7. The van der Waals surface area contributed by atoms with E-state index in [-0.39, 0.29) is 30.7 Å². The van der Waals surface area contributed by atoms with E-state index in [1.807, 2.05) is 12.1 Å². The Labute approximate surface area is 176 Å². The summed E-state index contributed by atoms with van der Waals surface area (Å²) in [5, 5.41) is 6.67. The fraction of sp³-hybridized carbons (Fsp3) is 0.391. The smallest absolute Gasteiger partial charge is 0.220 e. The molecule has 2 heterocycles. The molecule has 4 rings (SSSR count). The summed E-state index contributed by atoms with van der Waals surface area (Å²) in [6, 6.07) is 13.8. The van der Waals surface area contributed by atoms with E-state index >= 15 is 0 Å². The van der Waals surface area contributed by atoms with Crippen LogP contribution in [0.2, 0.25) is 5.02 Å². The second-order valence-electron chi connectivity index (χ2n) is 7.76. The van der Waals surface area contributed by atoms with E-state index in [0.29, 0.717) is 11.6 Å². The van der Waals surface area contributed by atoms with Crippen molar-refractivity contribution in [1.82, 2.24) is 10.6 Å². The van der Waals surface area contributed by atoms with E-state index in [1.54, 1.807) is 12.1 Å². The van der Waals surface area contributed by atoms with Gasteiger partial charge >= 0.3 is 0 Å². The van der Waals surface area contributed by atoms with Gasteiger partial charge in [0, 0.05) is 43.2 Å². The molecule has 2 amide bonds. The zero-order chi connectivity index (χ0) is 20.2. The maximum atomic E-state index is 12.5. The van der Waals surface area contributed by atoms with Crippen molar-refractivity contribution in [2.24, 2.45) is 0 Å². The molecule has 0 bridgehead atoms. The van der Waals surface area contributed by atoms with Gasteiger partial charge in [-0.1, -0.05) is 41.9 Å². The van der Waals surface area contributed by atoms with Crippen molar-refractivity contribution in [1.29, 1.82) is 0 Å². The second kappa shape index (κ2) is 8.87. The van der Waals surface area contributed by atoms with Crippen LogP contribution in [0.25, 0.3) is 0 Å². The number of hydrogen-bond acceptors (Lipinski definition) is 3. The van der Waals surface area contributed by atoms with E-state index in [0.717, 1.165) is 31.5 Å². The monoisotopic (exact) mass is 411 g/mol. The van der Waals surface area contributed by atoms with Gasteiger partial charge in [0.15, 0.2) is 0 Å². The number of carbonyl (C=O) groups is 2. The fourth-order valence-corrected chi connectivity index (χ4v) is 4.38. The minimum Gasteiger partial charge on any atom is -0.371 e. The molecule has 2 aliphatic heterocycles. The molecule has 2 N–H and O–H groups in total. The predicted molar refractivity (Wildman–Crippen MR) is 115 cm³/mol. The van der Waals surface area contributed by atoms with Crippen molar-refractivity contribution >= 4 is 29.1 Å². The molecule has 0 saturated carbocycles. The third-order valence-electron chi connectivity index (χ3n) is 5.72. The maximum Gasteiger partial charge on any atom is 0.220 e. The number of rotatable bonds is 6. The van der Waals surface area contributed by atoms with Crippen LogP contribution in [0.15, 0.2) is 42.5 Å². The van der Waals surface area contributed by atoms with Crippen LogP contribution in [-0.2, 0) is 22.6 Å². The van der Waals surface area contributed by atoms with Gasteiger partial charge in [0.1, 0.15) is 0 Å². The van der Waals surface area contributed by atoms with Crippen LogP contribution in [0.1, 0.15) is 48.4 Å². The predicted octanol–water partition coefficient (Wildman–Crippen LogP) is 3.75. The molecule has 5 nitrogen and oxygen atoms in total. The standard InChI is InChI=1S/C23H26ClN3O2/c24-18-8-6-16(7-9-18)15-25-21(28)10-11-22(29)26-20-12-14-27-13-2-4-17-3-1-5-19(20)23(17)27/h1,3,5-9,20H,2,4,10-15H2,(H,25,28)(H,26,29)/t20-/m0/s1. The van der Waals surface area contributed by atoms with Gasteiger partial charge in [0.05, 0.1) is 6.04 Å². The van der Waals surface area contributed by atoms with Crippen LogP contribution < -0.4 is 15.5 Å². The summed E-state index contributed by atoms with van der Waals surface area (Å²) in [4.78, 5) is 27.0. The first kappa shape index (κ1) is 19.8. The van der Waals surface area contributed by atoms with E-state index in [9.17, 15) is 9.59 Å². The Balaban J connectivity index is 1.28. The average molecular weight is 412 g/mol. The molecule has 0 radical (unpaired) electrons. The molecule has 0 saturated heterocycles. The van der Waals surface area contributed by atoms with Crippen LogP contribution >= 0.6 is 11.6 Å². The first-order valence-electron chi connectivity index (χ1n) is 10.3. The summed E-state index contributed by atoms with van der Waals surface area (Å²) >= 11 is 5.86. The van der Waals surface area contributed by atoms with Gasteiger partial charge in [0.25, 0.3) is 0 Å². The highest BCUT2D eigenvalue weighted by Gasteiger charge is 2.29. The SMILES string of the molecule is O=C(CCC(=O)N[C@H]1CCN2CCCc3cccc1c32)NCc1ccc(Cl)cc1. The zero-order valence-corrected chi connectivity index (χ0v) is 17.2. The van der Waals surface area contributed by atoms with Gasteiger partial charge in [-0.25, -0.2) is 0 Å². The molecule has 2 aromatic rings. The molecule has 0 spiro atoms. The van der Waals surface area contributed by atoms with E-state index in [2.05, 4.69) is 33.7 Å². The molecule has 152 valence electrons. The highest BCUT2D eigenvalue weighted by Crippen LogP contribution is 2.39. The Kier molecular flexibility index (Phi) is 6.05. The molecule has 1 atom stereocenters. The highest BCUT2D eigenvalue weighted by atomic mass is 35.5. The summed E-state index contributed by atoms with van der Waals surface area (Å²) < 4.78 is 0. The number of halogens is 1.